The minimum Gasteiger partial charge on any atom is -0.341 e. The third kappa shape index (κ3) is 3.14. The molecule has 1 aromatic carbocycles. The van der Waals surface area contributed by atoms with Crippen molar-refractivity contribution >= 4 is 28.3 Å². The molecule has 1 saturated carbocycles. The number of rotatable bonds is 4. The molecule has 2 amide bonds. The molecule has 1 N–H and O–H groups in total. The number of likely N-dealkylation sites (tertiary alicyclic amines) is 1. The fourth-order valence-electron chi connectivity index (χ4n) is 4.08. The predicted octanol–water partition coefficient (Wildman–Crippen LogP) is 3.44. The van der Waals surface area contributed by atoms with Crippen LogP contribution in [0.3, 0.4) is 0 Å². The van der Waals surface area contributed by atoms with E-state index < -0.39 is 0 Å². The molecule has 1 atom stereocenters. The van der Waals surface area contributed by atoms with Crippen LogP contribution in [0.5, 0.6) is 0 Å². The SMILES string of the molecule is O=C(Nc1nccs1)C1CCCN(C(=O)C2(c3ccccc3)CCC2)C1. The topological polar surface area (TPSA) is 62.3 Å². The number of amides is 2. The fourth-order valence-corrected chi connectivity index (χ4v) is 4.62. The van der Waals surface area contributed by atoms with Crippen LogP contribution in [0.25, 0.3) is 0 Å². The van der Waals surface area contributed by atoms with Gasteiger partial charge in [-0.25, -0.2) is 4.98 Å². The first-order chi connectivity index (χ1) is 12.7. The molecule has 1 aliphatic carbocycles. The second-order valence-corrected chi connectivity index (χ2v) is 8.11. The van der Waals surface area contributed by atoms with E-state index in [9.17, 15) is 9.59 Å². The zero-order chi connectivity index (χ0) is 18.0. The molecule has 1 unspecified atom stereocenters. The summed E-state index contributed by atoms with van der Waals surface area (Å²) in [5, 5.41) is 5.34. The summed E-state index contributed by atoms with van der Waals surface area (Å²) in [6.45, 7) is 1.25. The maximum absolute atomic E-state index is 13.4. The largest absolute Gasteiger partial charge is 0.341 e. The number of thiazole rings is 1. The van der Waals surface area contributed by atoms with Gasteiger partial charge in [0.15, 0.2) is 5.13 Å². The Hall–Kier alpha value is -2.21. The van der Waals surface area contributed by atoms with Crippen molar-refractivity contribution in [3.63, 3.8) is 0 Å². The van der Waals surface area contributed by atoms with Crippen LogP contribution in [-0.4, -0.2) is 34.8 Å². The highest BCUT2D eigenvalue weighted by atomic mass is 32.1. The van der Waals surface area contributed by atoms with Gasteiger partial charge in [0.2, 0.25) is 11.8 Å². The van der Waals surface area contributed by atoms with Crippen molar-refractivity contribution in [1.82, 2.24) is 9.88 Å². The van der Waals surface area contributed by atoms with Crippen LogP contribution < -0.4 is 5.32 Å². The number of carbonyl (C=O) groups excluding carboxylic acids is 2. The molecule has 2 aliphatic rings. The molecule has 26 heavy (non-hydrogen) atoms. The maximum atomic E-state index is 13.4. The van der Waals surface area contributed by atoms with E-state index in [1.54, 1.807) is 6.20 Å². The number of nitrogens with one attached hydrogen (secondary N) is 1. The highest BCUT2D eigenvalue weighted by molar-refractivity contribution is 7.13. The van der Waals surface area contributed by atoms with E-state index in [0.29, 0.717) is 11.7 Å². The summed E-state index contributed by atoms with van der Waals surface area (Å²) in [4.78, 5) is 32.0. The van der Waals surface area contributed by atoms with Crippen molar-refractivity contribution < 1.29 is 9.59 Å². The monoisotopic (exact) mass is 369 g/mol. The lowest BCUT2D eigenvalue weighted by Crippen LogP contribution is -2.54. The van der Waals surface area contributed by atoms with E-state index in [0.717, 1.165) is 44.2 Å². The van der Waals surface area contributed by atoms with Crippen LogP contribution in [0.15, 0.2) is 41.9 Å². The number of hydrogen-bond donors (Lipinski definition) is 1. The summed E-state index contributed by atoms with van der Waals surface area (Å²) in [6.07, 6.45) is 6.26. The Bertz CT molecular complexity index is 772. The van der Waals surface area contributed by atoms with Crippen LogP contribution in [0.2, 0.25) is 0 Å². The lowest BCUT2D eigenvalue weighted by molar-refractivity contribution is -0.143. The standard InChI is InChI=1S/C20H23N3O2S/c24-17(22-19-21-11-13-26-19)15-6-4-12-23(14-15)18(25)20(9-5-10-20)16-7-2-1-3-8-16/h1-3,7-8,11,13,15H,4-6,9-10,12,14H2,(H,21,22,24). The normalized spacial score (nSPS) is 21.7. The number of benzene rings is 1. The number of aromatic nitrogens is 1. The van der Waals surface area contributed by atoms with E-state index >= 15 is 0 Å². The van der Waals surface area contributed by atoms with Crippen LogP contribution in [0.1, 0.15) is 37.7 Å². The summed E-state index contributed by atoms with van der Waals surface area (Å²) in [6, 6.07) is 10.1. The molecule has 2 heterocycles. The summed E-state index contributed by atoms with van der Waals surface area (Å²) in [5.74, 6) is 0.00557. The van der Waals surface area contributed by atoms with Crippen molar-refractivity contribution in [3.8, 4) is 0 Å². The van der Waals surface area contributed by atoms with Gasteiger partial charge in [-0.1, -0.05) is 36.8 Å². The average molecular weight is 369 g/mol. The molecule has 1 saturated heterocycles. The minimum atomic E-state index is -0.380. The molecule has 1 aromatic heterocycles. The smallest absolute Gasteiger partial charge is 0.233 e. The molecular formula is C20H23N3O2S. The highest BCUT2D eigenvalue weighted by Gasteiger charge is 2.48. The zero-order valence-electron chi connectivity index (χ0n) is 14.7. The summed E-state index contributed by atoms with van der Waals surface area (Å²) in [5.41, 5.74) is 0.736. The summed E-state index contributed by atoms with van der Waals surface area (Å²) < 4.78 is 0. The number of nitrogens with zero attached hydrogens (tertiary/aromatic N) is 2. The third-order valence-electron chi connectivity index (χ3n) is 5.68. The van der Waals surface area contributed by atoms with Crippen molar-refractivity contribution in [2.24, 2.45) is 5.92 Å². The van der Waals surface area contributed by atoms with Gasteiger partial charge in [-0.05, 0) is 31.2 Å². The van der Waals surface area contributed by atoms with E-state index in [1.807, 2.05) is 28.5 Å². The van der Waals surface area contributed by atoms with Crippen LogP contribution in [0, 0.1) is 5.92 Å². The van der Waals surface area contributed by atoms with Gasteiger partial charge in [0, 0.05) is 24.7 Å². The van der Waals surface area contributed by atoms with Gasteiger partial charge in [0.25, 0.3) is 0 Å². The molecule has 0 spiro atoms. The maximum Gasteiger partial charge on any atom is 0.233 e. The number of anilines is 1. The van der Waals surface area contributed by atoms with Gasteiger partial charge >= 0.3 is 0 Å². The Balaban J connectivity index is 1.47. The lowest BCUT2D eigenvalue weighted by Gasteiger charge is -2.45. The van der Waals surface area contributed by atoms with Gasteiger partial charge < -0.3 is 10.2 Å². The molecule has 136 valence electrons. The Morgan fingerprint density at radius 2 is 2.00 bits per heavy atom. The first-order valence-electron chi connectivity index (χ1n) is 9.24. The Labute approximate surface area is 157 Å². The molecular weight excluding hydrogens is 346 g/mol. The average Bonchev–Trinajstić information content (AvgIpc) is 3.15. The third-order valence-corrected chi connectivity index (χ3v) is 6.37. The van der Waals surface area contributed by atoms with Gasteiger partial charge in [-0.15, -0.1) is 11.3 Å². The molecule has 1 aliphatic heterocycles. The van der Waals surface area contributed by atoms with Gasteiger partial charge in [-0.3, -0.25) is 9.59 Å². The fraction of sp³-hybridized carbons (Fsp3) is 0.450. The minimum absolute atomic E-state index is 0.0279. The second-order valence-electron chi connectivity index (χ2n) is 7.22. The predicted molar refractivity (Wildman–Crippen MR) is 102 cm³/mol. The molecule has 6 heteroatoms. The second kappa shape index (κ2) is 7.19. The first kappa shape index (κ1) is 17.2. The number of carbonyl (C=O) groups is 2. The molecule has 2 fully saturated rings. The van der Waals surface area contributed by atoms with Crippen molar-refractivity contribution in [3.05, 3.63) is 47.5 Å². The Morgan fingerprint density at radius 1 is 1.19 bits per heavy atom. The lowest BCUT2D eigenvalue weighted by atomic mass is 9.63. The van der Waals surface area contributed by atoms with E-state index in [1.165, 1.54) is 11.3 Å². The highest BCUT2D eigenvalue weighted by Crippen LogP contribution is 2.45. The quantitative estimate of drug-likeness (QED) is 0.898. The van der Waals surface area contributed by atoms with Gasteiger partial charge in [0.1, 0.15) is 0 Å². The first-order valence-corrected chi connectivity index (χ1v) is 10.1. The summed E-state index contributed by atoms with van der Waals surface area (Å²) in [7, 11) is 0. The Kier molecular flexibility index (Phi) is 4.76. The van der Waals surface area contributed by atoms with E-state index in [4.69, 9.17) is 0 Å². The van der Waals surface area contributed by atoms with Gasteiger partial charge in [0.05, 0.1) is 11.3 Å². The van der Waals surface area contributed by atoms with Crippen LogP contribution in [0.4, 0.5) is 5.13 Å². The van der Waals surface area contributed by atoms with E-state index in [-0.39, 0.29) is 23.1 Å². The molecule has 5 nitrogen and oxygen atoms in total. The summed E-state index contributed by atoms with van der Waals surface area (Å²) >= 11 is 1.41. The van der Waals surface area contributed by atoms with Crippen LogP contribution >= 0.6 is 11.3 Å². The van der Waals surface area contributed by atoms with Crippen molar-refractivity contribution in [2.45, 2.75) is 37.5 Å². The number of piperidine rings is 1. The van der Waals surface area contributed by atoms with E-state index in [2.05, 4.69) is 22.4 Å². The van der Waals surface area contributed by atoms with Gasteiger partial charge in [-0.2, -0.15) is 0 Å². The molecule has 0 radical (unpaired) electrons. The zero-order valence-corrected chi connectivity index (χ0v) is 15.5. The Morgan fingerprint density at radius 3 is 2.65 bits per heavy atom. The number of hydrogen-bond acceptors (Lipinski definition) is 4. The molecule has 0 bridgehead atoms. The van der Waals surface area contributed by atoms with Crippen LogP contribution in [-0.2, 0) is 15.0 Å². The van der Waals surface area contributed by atoms with Crippen molar-refractivity contribution in [1.29, 1.82) is 0 Å². The van der Waals surface area contributed by atoms with Crippen molar-refractivity contribution in [2.75, 3.05) is 18.4 Å². The molecule has 4 rings (SSSR count). The molecule has 2 aromatic rings.